The van der Waals surface area contributed by atoms with Crippen LogP contribution in [0.5, 0.6) is 0 Å². The van der Waals surface area contributed by atoms with E-state index in [0.29, 0.717) is 19.5 Å². The van der Waals surface area contributed by atoms with Crippen molar-refractivity contribution in [2.75, 3.05) is 13.1 Å². The van der Waals surface area contributed by atoms with Crippen molar-refractivity contribution in [1.29, 1.82) is 0 Å². The summed E-state index contributed by atoms with van der Waals surface area (Å²) in [7, 11) is 0. The molecule has 0 atom stereocenters. The molecule has 2 aliphatic rings. The quantitative estimate of drug-likeness (QED) is 0.806. The minimum Gasteiger partial charge on any atom is -0.356 e. The summed E-state index contributed by atoms with van der Waals surface area (Å²) in [4.78, 5) is 25.3. The second-order valence-corrected chi connectivity index (χ2v) is 7.48. The molecule has 26 heavy (non-hydrogen) atoms. The highest BCUT2D eigenvalue weighted by Gasteiger charge is 2.24. The van der Waals surface area contributed by atoms with E-state index in [-0.39, 0.29) is 11.8 Å². The third kappa shape index (κ3) is 5.30. The molecule has 0 saturated heterocycles. The van der Waals surface area contributed by atoms with Crippen molar-refractivity contribution in [2.24, 2.45) is 0 Å². The number of aromatic nitrogens is 2. The number of nitrogens with one attached hydrogen (secondary N) is 2. The lowest BCUT2D eigenvalue weighted by molar-refractivity contribution is -0.121. The van der Waals surface area contributed by atoms with Gasteiger partial charge in [0.15, 0.2) is 0 Å². The summed E-state index contributed by atoms with van der Waals surface area (Å²) in [6, 6.07) is 2.86. The molecule has 7 nitrogen and oxygen atoms in total. The maximum Gasteiger partial charge on any atom is 0.222 e. The summed E-state index contributed by atoms with van der Waals surface area (Å²) >= 11 is 0. The van der Waals surface area contributed by atoms with Crippen LogP contribution in [0, 0.1) is 0 Å². The smallest absolute Gasteiger partial charge is 0.222 e. The van der Waals surface area contributed by atoms with Crippen molar-refractivity contribution in [3.05, 3.63) is 17.5 Å². The molecule has 1 saturated carbocycles. The Morgan fingerprint density at radius 1 is 1.15 bits per heavy atom. The van der Waals surface area contributed by atoms with Crippen LogP contribution in [0.15, 0.2) is 6.07 Å². The highest BCUT2D eigenvalue weighted by molar-refractivity contribution is 5.77. The summed E-state index contributed by atoms with van der Waals surface area (Å²) in [6.07, 6.45) is 8.17. The van der Waals surface area contributed by atoms with E-state index in [9.17, 15) is 9.59 Å². The first kappa shape index (κ1) is 18.9. The van der Waals surface area contributed by atoms with E-state index < -0.39 is 0 Å². The van der Waals surface area contributed by atoms with Crippen LogP contribution in [-0.2, 0) is 29.2 Å². The van der Waals surface area contributed by atoms with E-state index in [1.165, 1.54) is 44.7 Å². The maximum atomic E-state index is 11.8. The molecule has 0 unspecified atom stereocenters. The van der Waals surface area contributed by atoms with E-state index in [1.807, 2.05) is 0 Å². The molecular weight excluding hydrogens is 330 g/mol. The second kappa shape index (κ2) is 9.16. The van der Waals surface area contributed by atoms with Gasteiger partial charge < -0.3 is 10.6 Å². The van der Waals surface area contributed by atoms with Crippen LogP contribution in [0.4, 0.5) is 0 Å². The largest absolute Gasteiger partial charge is 0.356 e. The topological polar surface area (TPSA) is 79.3 Å². The predicted molar refractivity (Wildman–Crippen MR) is 99.3 cm³/mol. The Morgan fingerprint density at radius 2 is 1.96 bits per heavy atom. The Balaban J connectivity index is 1.51. The highest BCUT2D eigenvalue weighted by atomic mass is 16.2. The minimum atomic E-state index is -0.113. The molecule has 1 aliphatic heterocycles. The van der Waals surface area contributed by atoms with E-state index in [1.54, 1.807) is 0 Å². The van der Waals surface area contributed by atoms with Crippen LogP contribution in [-0.4, -0.2) is 45.6 Å². The molecule has 2 amide bonds. The van der Waals surface area contributed by atoms with Crippen molar-refractivity contribution in [1.82, 2.24) is 25.3 Å². The monoisotopic (exact) mass is 361 g/mol. The predicted octanol–water partition coefficient (Wildman–Crippen LogP) is 1.56. The van der Waals surface area contributed by atoms with Crippen molar-refractivity contribution in [2.45, 2.75) is 77.5 Å². The van der Waals surface area contributed by atoms with Gasteiger partial charge in [-0.15, -0.1) is 0 Å². The van der Waals surface area contributed by atoms with Crippen LogP contribution in [0.3, 0.4) is 0 Å². The lowest BCUT2D eigenvalue weighted by Crippen LogP contribution is -2.36. The average Bonchev–Trinajstić information content (AvgIpc) is 2.90. The number of hydrogen-bond acceptors (Lipinski definition) is 4. The Labute approximate surface area is 155 Å². The van der Waals surface area contributed by atoms with Gasteiger partial charge in [-0.1, -0.05) is 19.3 Å². The van der Waals surface area contributed by atoms with E-state index in [0.717, 1.165) is 37.8 Å². The second-order valence-electron chi connectivity index (χ2n) is 7.48. The van der Waals surface area contributed by atoms with Gasteiger partial charge in [0.2, 0.25) is 11.8 Å². The van der Waals surface area contributed by atoms with Crippen molar-refractivity contribution < 1.29 is 9.59 Å². The van der Waals surface area contributed by atoms with Gasteiger partial charge >= 0.3 is 0 Å². The number of carbonyl (C=O) groups is 2. The molecule has 0 aromatic carbocycles. The summed E-state index contributed by atoms with van der Waals surface area (Å²) in [5.74, 6) is -0.177. The molecule has 0 radical (unpaired) electrons. The molecule has 7 heteroatoms. The maximum absolute atomic E-state index is 11.8. The zero-order valence-electron chi connectivity index (χ0n) is 15.8. The first-order chi connectivity index (χ1) is 12.6. The summed E-state index contributed by atoms with van der Waals surface area (Å²) < 4.78 is 2.11. The molecule has 1 fully saturated rings. The van der Waals surface area contributed by atoms with E-state index in [4.69, 9.17) is 0 Å². The standard InChI is InChI=1S/C19H31N5O2/c1-15(25)20-9-8-19(26)21-13-16-12-18-14-23(10-5-11-24(18)22-16)17-6-3-2-4-7-17/h12,17H,2-11,13-14H2,1H3,(H,20,25)(H,21,26). The van der Waals surface area contributed by atoms with Crippen LogP contribution < -0.4 is 10.6 Å². The molecule has 3 rings (SSSR count). The summed E-state index contributed by atoms with van der Waals surface area (Å²) in [5.41, 5.74) is 2.17. The van der Waals surface area contributed by atoms with Crippen LogP contribution >= 0.6 is 0 Å². The minimum absolute atomic E-state index is 0.0641. The fraction of sp³-hybridized carbons (Fsp3) is 0.737. The van der Waals surface area contributed by atoms with E-state index >= 15 is 0 Å². The molecule has 1 aromatic rings. The van der Waals surface area contributed by atoms with Gasteiger partial charge in [0.1, 0.15) is 0 Å². The van der Waals surface area contributed by atoms with Crippen LogP contribution in [0.25, 0.3) is 0 Å². The van der Waals surface area contributed by atoms with Crippen LogP contribution in [0.1, 0.15) is 63.3 Å². The third-order valence-electron chi connectivity index (χ3n) is 5.38. The Hall–Kier alpha value is -1.89. The molecular formula is C19H31N5O2. The van der Waals surface area contributed by atoms with Crippen LogP contribution in [0.2, 0.25) is 0 Å². The number of amides is 2. The SMILES string of the molecule is CC(=O)NCCC(=O)NCc1cc2n(n1)CCCN(C1CCCCC1)C2. The van der Waals surface area contributed by atoms with Gasteiger partial charge in [-0.2, -0.15) is 5.10 Å². The van der Waals surface area contributed by atoms with Gasteiger partial charge in [-0.25, -0.2) is 0 Å². The first-order valence-electron chi connectivity index (χ1n) is 9.92. The third-order valence-corrected chi connectivity index (χ3v) is 5.38. The van der Waals surface area contributed by atoms with Crippen molar-refractivity contribution in [3.63, 3.8) is 0 Å². The fourth-order valence-corrected chi connectivity index (χ4v) is 4.02. The van der Waals surface area contributed by atoms with E-state index in [2.05, 4.69) is 31.4 Å². The summed E-state index contributed by atoms with van der Waals surface area (Å²) in [6.45, 7) is 5.35. The zero-order valence-corrected chi connectivity index (χ0v) is 15.8. The molecule has 144 valence electrons. The normalized spacial score (nSPS) is 18.8. The lowest BCUT2D eigenvalue weighted by atomic mass is 9.94. The van der Waals surface area contributed by atoms with Gasteiger partial charge in [-0.3, -0.25) is 19.2 Å². The number of hydrogen-bond donors (Lipinski definition) is 2. The van der Waals surface area contributed by atoms with Crippen molar-refractivity contribution in [3.8, 4) is 0 Å². The molecule has 2 N–H and O–H groups in total. The van der Waals surface area contributed by atoms with Gasteiger partial charge in [-0.05, 0) is 25.3 Å². The number of carbonyl (C=O) groups excluding carboxylic acids is 2. The number of fused-ring (bicyclic) bond motifs is 1. The van der Waals surface area contributed by atoms with Crippen molar-refractivity contribution >= 4 is 11.8 Å². The van der Waals surface area contributed by atoms with Gasteiger partial charge in [0.05, 0.1) is 17.9 Å². The zero-order chi connectivity index (χ0) is 18.4. The lowest BCUT2D eigenvalue weighted by Gasteiger charge is -2.33. The summed E-state index contributed by atoms with van der Waals surface area (Å²) in [5, 5.41) is 10.2. The molecule has 2 heterocycles. The number of rotatable bonds is 6. The first-order valence-corrected chi connectivity index (χ1v) is 9.92. The molecule has 0 spiro atoms. The number of aryl methyl sites for hydroxylation is 1. The fourth-order valence-electron chi connectivity index (χ4n) is 4.02. The molecule has 1 aliphatic carbocycles. The molecule has 0 bridgehead atoms. The molecule has 1 aromatic heterocycles. The Bertz CT molecular complexity index is 621. The highest BCUT2D eigenvalue weighted by Crippen LogP contribution is 2.25. The van der Waals surface area contributed by atoms with Gasteiger partial charge in [0.25, 0.3) is 0 Å². The Morgan fingerprint density at radius 3 is 2.73 bits per heavy atom. The Kier molecular flexibility index (Phi) is 6.66. The average molecular weight is 361 g/mol. The number of nitrogens with zero attached hydrogens (tertiary/aromatic N) is 3. The van der Waals surface area contributed by atoms with Gasteiger partial charge in [0, 0.05) is 45.6 Å².